The van der Waals surface area contributed by atoms with Crippen LogP contribution in [0.4, 0.5) is 5.82 Å². The highest BCUT2D eigenvalue weighted by atomic mass is 32.2. The third-order valence-corrected chi connectivity index (χ3v) is 3.64. The van der Waals surface area contributed by atoms with Crippen LogP contribution in [0.15, 0.2) is 11.4 Å². The van der Waals surface area contributed by atoms with Gasteiger partial charge in [0.1, 0.15) is 23.5 Å². The predicted molar refractivity (Wildman–Crippen MR) is 85.3 cm³/mol. The normalized spacial score (nSPS) is 11.6. The summed E-state index contributed by atoms with van der Waals surface area (Å²) in [6.45, 7) is 3.90. The lowest BCUT2D eigenvalue weighted by molar-refractivity contribution is -0.145. The molecule has 0 aliphatic heterocycles. The largest absolute Gasteiger partial charge is 0.467 e. The van der Waals surface area contributed by atoms with Gasteiger partial charge in [-0.05, 0) is 12.3 Å². The molecule has 0 unspecified atom stereocenters. The second-order valence-corrected chi connectivity index (χ2v) is 6.07. The number of nitrogens with zero attached hydrogens (tertiary/aromatic N) is 3. The number of aromatic nitrogens is 2. The van der Waals surface area contributed by atoms with Crippen LogP contribution in [0.1, 0.15) is 25.8 Å². The fourth-order valence-electron chi connectivity index (χ4n) is 1.73. The van der Waals surface area contributed by atoms with Crippen LogP contribution >= 0.6 is 11.8 Å². The molecule has 1 rings (SSSR count). The number of amides is 1. The number of esters is 1. The van der Waals surface area contributed by atoms with Crippen LogP contribution in [0.5, 0.6) is 0 Å². The lowest BCUT2D eigenvalue weighted by Crippen LogP contribution is -2.43. The van der Waals surface area contributed by atoms with Crippen molar-refractivity contribution in [1.29, 1.82) is 5.26 Å². The van der Waals surface area contributed by atoms with Gasteiger partial charge in [0.05, 0.1) is 19.1 Å². The first-order chi connectivity index (χ1) is 10.9. The second-order valence-electron chi connectivity index (χ2n) is 5.12. The van der Waals surface area contributed by atoms with Gasteiger partial charge < -0.3 is 15.8 Å². The quantitative estimate of drug-likeness (QED) is 0.423. The number of nitrogens with one attached hydrogen (secondary N) is 1. The third-order valence-electron chi connectivity index (χ3n) is 2.78. The van der Waals surface area contributed by atoms with Crippen LogP contribution in [-0.2, 0) is 14.3 Å². The van der Waals surface area contributed by atoms with Crippen molar-refractivity contribution in [2.45, 2.75) is 31.5 Å². The number of carbonyl (C=O) groups excluding carboxylic acids is 2. The molecule has 0 bridgehead atoms. The molecule has 8 nitrogen and oxygen atoms in total. The summed E-state index contributed by atoms with van der Waals surface area (Å²) in [7, 11) is 1.28. The Morgan fingerprint density at radius 2 is 2.22 bits per heavy atom. The van der Waals surface area contributed by atoms with E-state index in [1.165, 1.54) is 13.3 Å². The van der Waals surface area contributed by atoms with Crippen molar-refractivity contribution < 1.29 is 14.3 Å². The van der Waals surface area contributed by atoms with Gasteiger partial charge in [-0.1, -0.05) is 25.6 Å². The lowest BCUT2D eigenvalue weighted by Gasteiger charge is -2.18. The molecule has 0 saturated carbocycles. The van der Waals surface area contributed by atoms with E-state index in [2.05, 4.69) is 20.0 Å². The van der Waals surface area contributed by atoms with Crippen molar-refractivity contribution in [3.8, 4) is 6.07 Å². The molecular formula is C14H19N5O3S. The number of hydrogen-bond acceptors (Lipinski definition) is 8. The van der Waals surface area contributed by atoms with Crippen LogP contribution in [0.3, 0.4) is 0 Å². The molecular weight excluding hydrogens is 318 g/mol. The SMILES string of the molecule is COC(=O)[C@H](CC(C)C)NC(=O)CSc1ncc(C#N)c(N)n1. The number of thioether (sulfide) groups is 1. The van der Waals surface area contributed by atoms with Gasteiger partial charge in [-0.15, -0.1) is 0 Å². The number of ether oxygens (including phenoxy) is 1. The van der Waals surface area contributed by atoms with Crippen molar-refractivity contribution in [2.75, 3.05) is 18.6 Å². The minimum Gasteiger partial charge on any atom is -0.467 e. The number of hydrogen-bond donors (Lipinski definition) is 2. The first-order valence-corrected chi connectivity index (χ1v) is 7.88. The monoisotopic (exact) mass is 337 g/mol. The smallest absolute Gasteiger partial charge is 0.328 e. The zero-order valence-electron chi connectivity index (χ0n) is 13.2. The second kappa shape index (κ2) is 8.95. The molecule has 0 fully saturated rings. The van der Waals surface area contributed by atoms with Crippen LogP contribution < -0.4 is 11.1 Å². The molecule has 0 aliphatic rings. The van der Waals surface area contributed by atoms with E-state index in [9.17, 15) is 9.59 Å². The van der Waals surface area contributed by atoms with Crippen molar-refractivity contribution in [3.05, 3.63) is 11.8 Å². The van der Waals surface area contributed by atoms with E-state index in [0.29, 0.717) is 6.42 Å². The fourth-order valence-corrected chi connectivity index (χ4v) is 2.36. The number of anilines is 1. The van der Waals surface area contributed by atoms with E-state index in [-0.39, 0.29) is 34.1 Å². The van der Waals surface area contributed by atoms with Gasteiger partial charge in [-0.25, -0.2) is 14.8 Å². The Bertz CT molecular complexity index is 615. The standard InChI is InChI=1S/C14H19N5O3S/c1-8(2)4-10(13(21)22-3)18-11(20)7-23-14-17-6-9(5-15)12(16)19-14/h6,8,10H,4,7H2,1-3H3,(H,18,20)(H2,16,17,19)/t10-/m0/s1. The summed E-state index contributed by atoms with van der Waals surface area (Å²) in [5, 5.41) is 11.7. The molecule has 124 valence electrons. The Hall–Kier alpha value is -2.34. The van der Waals surface area contributed by atoms with E-state index < -0.39 is 12.0 Å². The molecule has 0 saturated heterocycles. The van der Waals surface area contributed by atoms with E-state index in [1.54, 1.807) is 0 Å². The fraction of sp³-hybridized carbons (Fsp3) is 0.500. The maximum Gasteiger partial charge on any atom is 0.328 e. The number of nitriles is 1. The molecule has 0 aliphatic carbocycles. The average molecular weight is 337 g/mol. The molecule has 1 heterocycles. The Morgan fingerprint density at radius 3 is 2.74 bits per heavy atom. The Labute approximate surface area is 138 Å². The maximum atomic E-state index is 12.0. The van der Waals surface area contributed by atoms with Crippen molar-refractivity contribution in [2.24, 2.45) is 5.92 Å². The van der Waals surface area contributed by atoms with Crippen molar-refractivity contribution in [3.63, 3.8) is 0 Å². The Kier molecular flexibility index (Phi) is 7.28. The van der Waals surface area contributed by atoms with Crippen molar-refractivity contribution in [1.82, 2.24) is 15.3 Å². The van der Waals surface area contributed by atoms with Gasteiger partial charge in [0.2, 0.25) is 5.91 Å². The number of rotatable bonds is 7. The molecule has 1 amide bonds. The van der Waals surface area contributed by atoms with E-state index in [0.717, 1.165) is 11.8 Å². The van der Waals surface area contributed by atoms with Gasteiger partial charge in [0, 0.05) is 0 Å². The van der Waals surface area contributed by atoms with Crippen LogP contribution in [0, 0.1) is 17.2 Å². The first kappa shape index (κ1) is 18.7. The highest BCUT2D eigenvalue weighted by molar-refractivity contribution is 7.99. The summed E-state index contributed by atoms with van der Waals surface area (Å²) in [6.07, 6.45) is 1.79. The topological polar surface area (TPSA) is 131 Å². The minimum atomic E-state index is -0.681. The summed E-state index contributed by atoms with van der Waals surface area (Å²) in [5.41, 5.74) is 5.76. The highest BCUT2D eigenvalue weighted by Crippen LogP contribution is 2.16. The van der Waals surface area contributed by atoms with Crippen LogP contribution in [0.25, 0.3) is 0 Å². The molecule has 1 atom stereocenters. The first-order valence-electron chi connectivity index (χ1n) is 6.90. The Balaban J connectivity index is 2.60. The van der Waals surface area contributed by atoms with Gasteiger partial charge in [0.25, 0.3) is 0 Å². The minimum absolute atomic E-state index is 0.0247. The molecule has 0 spiro atoms. The van der Waals surface area contributed by atoms with Gasteiger partial charge in [0.15, 0.2) is 5.16 Å². The van der Waals surface area contributed by atoms with Crippen molar-refractivity contribution >= 4 is 29.5 Å². The lowest BCUT2D eigenvalue weighted by atomic mass is 10.0. The van der Waals surface area contributed by atoms with Gasteiger partial charge in [-0.3, -0.25) is 4.79 Å². The van der Waals surface area contributed by atoms with E-state index >= 15 is 0 Å². The third kappa shape index (κ3) is 6.12. The molecule has 1 aromatic rings. The summed E-state index contributed by atoms with van der Waals surface area (Å²) >= 11 is 1.07. The Morgan fingerprint density at radius 1 is 1.52 bits per heavy atom. The molecule has 23 heavy (non-hydrogen) atoms. The molecule has 1 aromatic heterocycles. The number of nitrogens with two attached hydrogens (primary N) is 1. The average Bonchev–Trinajstić information content (AvgIpc) is 2.51. The predicted octanol–water partition coefficient (Wildman–Crippen LogP) is 0.726. The maximum absolute atomic E-state index is 12.0. The number of methoxy groups -OCH3 is 1. The molecule has 0 aromatic carbocycles. The highest BCUT2D eigenvalue weighted by Gasteiger charge is 2.22. The molecule has 9 heteroatoms. The van der Waals surface area contributed by atoms with Gasteiger partial charge in [-0.2, -0.15) is 5.26 Å². The summed E-state index contributed by atoms with van der Waals surface area (Å²) in [4.78, 5) is 31.5. The van der Waals surface area contributed by atoms with Crippen LogP contribution in [0.2, 0.25) is 0 Å². The van der Waals surface area contributed by atoms with Gasteiger partial charge >= 0.3 is 5.97 Å². The molecule has 3 N–H and O–H groups in total. The van der Waals surface area contributed by atoms with E-state index in [1.807, 2.05) is 19.9 Å². The number of nitrogen functional groups attached to an aromatic ring is 1. The zero-order chi connectivity index (χ0) is 17.4. The van der Waals surface area contributed by atoms with Crippen LogP contribution in [-0.4, -0.2) is 40.7 Å². The molecule has 0 radical (unpaired) electrons. The van der Waals surface area contributed by atoms with E-state index in [4.69, 9.17) is 11.0 Å². The summed E-state index contributed by atoms with van der Waals surface area (Å²) in [5.74, 6) is -0.489. The summed E-state index contributed by atoms with van der Waals surface area (Å²) in [6, 6.07) is 1.18. The number of carbonyl (C=O) groups is 2. The zero-order valence-corrected chi connectivity index (χ0v) is 14.0. The summed E-state index contributed by atoms with van der Waals surface area (Å²) < 4.78 is 4.69.